The molecule has 106 valence electrons. The number of nitro groups is 1. The molecule has 1 aromatic carbocycles. The van der Waals surface area contributed by atoms with E-state index < -0.39 is 22.5 Å². The van der Waals surface area contributed by atoms with E-state index in [1.807, 2.05) is 13.8 Å². The van der Waals surface area contributed by atoms with Crippen molar-refractivity contribution >= 4 is 5.69 Å². The van der Waals surface area contributed by atoms with Gasteiger partial charge in [-0.05, 0) is 12.1 Å². The highest BCUT2D eigenvalue weighted by Gasteiger charge is 2.17. The highest BCUT2D eigenvalue weighted by atomic mass is 19.1. The van der Waals surface area contributed by atoms with Crippen LogP contribution in [0.25, 0.3) is 0 Å². The summed E-state index contributed by atoms with van der Waals surface area (Å²) in [7, 11) is 0. The standard InChI is InChI=1S/C12H17FN2O4/c1-8(2)14-6-10(16)7-19-12-4-3-9(13)5-11(12)15(17)18/h3-5,8,10,14,16H,6-7H2,1-2H3. The van der Waals surface area contributed by atoms with Crippen molar-refractivity contribution in [2.24, 2.45) is 0 Å². The first kappa shape index (κ1) is 15.3. The van der Waals surface area contributed by atoms with Crippen molar-refractivity contribution in [1.29, 1.82) is 0 Å². The minimum absolute atomic E-state index is 0.0602. The molecule has 0 fully saturated rings. The van der Waals surface area contributed by atoms with E-state index in [9.17, 15) is 19.6 Å². The Labute approximate surface area is 110 Å². The van der Waals surface area contributed by atoms with E-state index >= 15 is 0 Å². The number of hydrogen-bond acceptors (Lipinski definition) is 5. The second kappa shape index (κ2) is 7.01. The van der Waals surface area contributed by atoms with E-state index in [0.29, 0.717) is 6.54 Å². The first-order valence-corrected chi connectivity index (χ1v) is 5.88. The molecule has 0 aliphatic heterocycles. The minimum atomic E-state index is -0.799. The van der Waals surface area contributed by atoms with Crippen molar-refractivity contribution in [1.82, 2.24) is 5.32 Å². The Morgan fingerprint density at radius 2 is 2.21 bits per heavy atom. The van der Waals surface area contributed by atoms with Crippen molar-refractivity contribution in [3.05, 3.63) is 34.1 Å². The van der Waals surface area contributed by atoms with Crippen LogP contribution in [0.2, 0.25) is 0 Å². The molecule has 0 saturated heterocycles. The number of aliphatic hydroxyl groups excluding tert-OH is 1. The van der Waals surface area contributed by atoms with Crippen LogP contribution in [-0.2, 0) is 0 Å². The highest BCUT2D eigenvalue weighted by molar-refractivity contribution is 5.46. The molecule has 1 unspecified atom stereocenters. The summed E-state index contributed by atoms with van der Waals surface area (Å²) in [5, 5.41) is 23.3. The van der Waals surface area contributed by atoms with E-state index in [1.54, 1.807) is 0 Å². The van der Waals surface area contributed by atoms with Gasteiger partial charge >= 0.3 is 5.69 Å². The monoisotopic (exact) mass is 272 g/mol. The Morgan fingerprint density at radius 1 is 1.53 bits per heavy atom. The third-order valence-corrected chi connectivity index (χ3v) is 2.31. The molecule has 6 nitrogen and oxygen atoms in total. The van der Waals surface area contributed by atoms with Crippen molar-refractivity contribution in [2.75, 3.05) is 13.2 Å². The third-order valence-electron chi connectivity index (χ3n) is 2.31. The zero-order chi connectivity index (χ0) is 14.4. The molecule has 0 heterocycles. The molecular weight excluding hydrogens is 255 g/mol. The molecule has 0 aliphatic rings. The second-order valence-corrected chi connectivity index (χ2v) is 4.40. The number of aliphatic hydroxyl groups is 1. The van der Waals surface area contributed by atoms with Crippen LogP contribution in [0.1, 0.15) is 13.8 Å². The van der Waals surface area contributed by atoms with Crippen LogP contribution in [0.4, 0.5) is 10.1 Å². The summed E-state index contributed by atoms with van der Waals surface area (Å²) in [6.45, 7) is 4.07. The number of nitrogens with one attached hydrogen (secondary N) is 1. The molecule has 0 spiro atoms. The lowest BCUT2D eigenvalue weighted by molar-refractivity contribution is -0.386. The van der Waals surface area contributed by atoms with Gasteiger partial charge in [-0.15, -0.1) is 0 Å². The molecule has 1 aromatic rings. The number of rotatable bonds is 7. The SMILES string of the molecule is CC(C)NCC(O)COc1ccc(F)cc1[N+](=O)[O-]. The summed E-state index contributed by atoms with van der Waals surface area (Å²) in [5.41, 5.74) is -0.455. The van der Waals surface area contributed by atoms with Gasteiger partial charge in [0.05, 0.1) is 11.0 Å². The molecule has 2 N–H and O–H groups in total. The normalized spacial score (nSPS) is 12.5. The van der Waals surface area contributed by atoms with Gasteiger partial charge in [0.15, 0.2) is 5.75 Å². The average Bonchev–Trinajstić information content (AvgIpc) is 2.34. The van der Waals surface area contributed by atoms with Crippen LogP contribution in [-0.4, -0.2) is 35.3 Å². The van der Waals surface area contributed by atoms with Crippen LogP contribution < -0.4 is 10.1 Å². The molecule has 0 radical (unpaired) electrons. The van der Waals surface area contributed by atoms with E-state index in [-0.39, 0.29) is 18.4 Å². The topological polar surface area (TPSA) is 84.6 Å². The van der Waals surface area contributed by atoms with Gasteiger partial charge in [-0.25, -0.2) is 4.39 Å². The van der Waals surface area contributed by atoms with E-state index in [2.05, 4.69) is 5.32 Å². The van der Waals surface area contributed by atoms with E-state index in [0.717, 1.165) is 12.1 Å². The average molecular weight is 272 g/mol. The van der Waals surface area contributed by atoms with Gasteiger partial charge in [0.1, 0.15) is 18.5 Å². The van der Waals surface area contributed by atoms with Crippen LogP contribution in [0.5, 0.6) is 5.75 Å². The Balaban J connectivity index is 2.60. The second-order valence-electron chi connectivity index (χ2n) is 4.40. The number of benzene rings is 1. The molecule has 0 bridgehead atoms. The zero-order valence-corrected chi connectivity index (χ0v) is 10.8. The maximum absolute atomic E-state index is 12.9. The maximum atomic E-state index is 12.9. The lowest BCUT2D eigenvalue weighted by atomic mass is 10.3. The summed E-state index contributed by atoms with van der Waals surface area (Å²) in [4.78, 5) is 9.99. The molecule has 1 atom stereocenters. The summed E-state index contributed by atoms with van der Waals surface area (Å²) < 4.78 is 18.0. The molecule has 0 aliphatic carbocycles. The van der Waals surface area contributed by atoms with Gasteiger partial charge in [0.25, 0.3) is 0 Å². The number of hydrogen-bond donors (Lipinski definition) is 2. The van der Waals surface area contributed by atoms with Crippen LogP contribution in [0.15, 0.2) is 18.2 Å². The number of nitro benzene ring substituents is 1. The maximum Gasteiger partial charge on any atom is 0.313 e. The smallest absolute Gasteiger partial charge is 0.313 e. The Morgan fingerprint density at radius 3 is 2.79 bits per heavy atom. The summed E-state index contributed by atoms with van der Waals surface area (Å²) in [5.74, 6) is -0.768. The largest absolute Gasteiger partial charge is 0.484 e. The van der Waals surface area contributed by atoms with Crippen LogP contribution in [0, 0.1) is 15.9 Å². The summed E-state index contributed by atoms with van der Waals surface area (Å²) >= 11 is 0. The Hall–Kier alpha value is -1.73. The fraction of sp³-hybridized carbons (Fsp3) is 0.500. The number of halogens is 1. The van der Waals surface area contributed by atoms with Crippen molar-refractivity contribution in [2.45, 2.75) is 26.0 Å². The third kappa shape index (κ3) is 5.19. The van der Waals surface area contributed by atoms with Crippen LogP contribution >= 0.6 is 0 Å². The van der Waals surface area contributed by atoms with Gasteiger partial charge in [-0.3, -0.25) is 10.1 Å². The van der Waals surface area contributed by atoms with Gasteiger partial charge in [0.2, 0.25) is 0 Å². The molecular formula is C12H17FN2O4. The van der Waals surface area contributed by atoms with Gasteiger partial charge in [-0.1, -0.05) is 13.8 Å². The van der Waals surface area contributed by atoms with Gasteiger partial charge in [-0.2, -0.15) is 0 Å². The molecule has 0 saturated carbocycles. The van der Waals surface area contributed by atoms with Crippen molar-refractivity contribution in [3.63, 3.8) is 0 Å². The fourth-order valence-electron chi connectivity index (χ4n) is 1.37. The number of nitrogens with zero attached hydrogens (tertiary/aromatic N) is 1. The predicted octanol–water partition coefficient (Wildman–Crippen LogP) is 1.47. The Kier molecular flexibility index (Phi) is 5.65. The Bertz CT molecular complexity index is 440. The molecule has 0 aromatic heterocycles. The molecule has 19 heavy (non-hydrogen) atoms. The van der Waals surface area contributed by atoms with Crippen molar-refractivity contribution < 1.29 is 19.2 Å². The van der Waals surface area contributed by atoms with Crippen LogP contribution in [0.3, 0.4) is 0 Å². The minimum Gasteiger partial charge on any atom is -0.484 e. The van der Waals surface area contributed by atoms with Gasteiger partial charge < -0.3 is 15.2 Å². The van der Waals surface area contributed by atoms with Gasteiger partial charge in [0, 0.05) is 12.6 Å². The first-order valence-electron chi connectivity index (χ1n) is 5.88. The molecule has 0 amide bonds. The van der Waals surface area contributed by atoms with Crippen molar-refractivity contribution in [3.8, 4) is 5.75 Å². The lowest BCUT2D eigenvalue weighted by Gasteiger charge is -2.14. The number of ether oxygens (including phenoxy) is 1. The fourth-order valence-corrected chi connectivity index (χ4v) is 1.37. The lowest BCUT2D eigenvalue weighted by Crippen LogP contribution is -2.35. The first-order chi connectivity index (χ1) is 8.90. The predicted molar refractivity (Wildman–Crippen MR) is 67.7 cm³/mol. The highest BCUT2D eigenvalue weighted by Crippen LogP contribution is 2.27. The van der Waals surface area contributed by atoms with E-state index in [1.165, 1.54) is 6.07 Å². The summed E-state index contributed by atoms with van der Waals surface area (Å²) in [6, 6.07) is 3.25. The molecule has 1 rings (SSSR count). The van der Waals surface area contributed by atoms with E-state index in [4.69, 9.17) is 4.74 Å². The quantitative estimate of drug-likeness (QED) is 0.580. The molecule has 7 heteroatoms. The summed E-state index contributed by atoms with van der Waals surface area (Å²) in [6.07, 6.45) is -0.799. The zero-order valence-electron chi connectivity index (χ0n) is 10.8.